The van der Waals surface area contributed by atoms with Crippen molar-refractivity contribution < 1.29 is 0 Å². The first kappa shape index (κ1) is 24.5. The maximum atomic E-state index is 6.52. The summed E-state index contributed by atoms with van der Waals surface area (Å²) in [6.07, 6.45) is 15.6. The van der Waals surface area contributed by atoms with Crippen LogP contribution in [-0.4, -0.2) is 48.8 Å². The van der Waals surface area contributed by atoms with Gasteiger partial charge in [-0.2, -0.15) is 0 Å². The molecule has 1 aliphatic heterocycles. The molecule has 3 nitrogen and oxygen atoms in total. The summed E-state index contributed by atoms with van der Waals surface area (Å²) in [6, 6.07) is 0.526. The number of nitrogens with zero attached hydrogens (tertiary/aromatic N) is 1. The van der Waals surface area contributed by atoms with Crippen LogP contribution in [0.2, 0.25) is 0 Å². The predicted molar refractivity (Wildman–Crippen MR) is 134 cm³/mol. The molecule has 1 saturated heterocycles. The first-order valence-electron chi connectivity index (χ1n) is 11.6. The second kappa shape index (κ2) is 12.2. The fourth-order valence-electron chi connectivity index (χ4n) is 4.97. The molecule has 1 fully saturated rings. The van der Waals surface area contributed by atoms with Gasteiger partial charge in [-0.15, -0.1) is 11.6 Å². The van der Waals surface area contributed by atoms with Gasteiger partial charge >= 0.3 is 0 Å². The van der Waals surface area contributed by atoms with E-state index in [-0.39, 0.29) is 5.38 Å². The topological polar surface area (TPSA) is 27.3 Å². The minimum absolute atomic E-state index is 0.242. The maximum absolute atomic E-state index is 6.52. The fraction of sp³-hybridized carbons (Fsp3) is 0.750. The number of allylic oxidation sites excluding steroid dienone is 5. The summed E-state index contributed by atoms with van der Waals surface area (Å²) in [5.41, 5.74) is 2.91. The van der Waals surface area contributed by atoms with Crippen LogP contribution in [0.1, 0.15) is 52.4 Å². The summed E-state index contributed by atoms with van der Waals surface area (Å²) < 4.78 is 3.40. The molecule has 0 bridgehead atoms. The maximum Gasteiger partial charge on any atom is 0.0396 e. The third-order valence-electron chi connectivity index (χ3n) is 6.81. The molecular formula is C24H39Cl2N3S. The fourth-order valence-corrected chi connectivity index (χ4v) is 5.93. The predicted octanol–water partition coefficient (Wildman–Crippen LogP) is 5.92. The highest BCUT2D eigenvalue weighted by Gasteiger charge is 2.27. The number of likely N-dealkylation sites (tertiary alicyclic amines) is 1. The molecule has 30 heavy (non-hydrogen) atoms. The summed E-state index contributed by atoms with van der Waals surface area (Å²) in [7, 11) is 0. The molecule has 3 rings (SSSR count). The lowest BCUT2D eigenvalue weighted by molar-refractivity contribution is 0.163. The Hall–Kier alpha value is -0.130. The average molecular weight is 473 g/mol. The molecule has 0 spiro atoms. The second-order valence-electron chi connectivity index (χ2n) is 9.48. The van der Waals surface area contributed by atoms with Gasteiger partial charge in [-0.1, -0.05) is 55.1 Å². The van der Waals surface area contributed by atoms with Crippen molar-refractivity contribution in [1.29, 1.82) is 0 Å². The SMILES string of the molecule is CSNC1=CC(CN[C@@H](CN2CCC(C3=CC=C(Cl)CC3)CC2)C(C)C)CC(Cl)C1. The Morgan fingerprint density at radius 1 is 1.20 bits per heavy atom. The molecule has 2 aliphatic carbocycles. The summed E-state index contributed by atoms with van der Waals surface area (Å²) >= 11 is 14.3. The van der Waals surface area contributed by atoms with Crippen molar-refractivity contribution in [3.63, 3.8) is 0 Å². The van der Waals surface area contributed by atoms with Gasteiger partial charge in [-0.25, -0.2) is 0 Å². The van der Waals surface area contributed by atoms with Gasteiger partial charge in [0.05, 0.1) is 0 Å². The van der Waals surface area contributed by atoms with E-state index in [0.29, 0.717) is 17.9 Å². The molecule has 0 radical (unpaired) electrons. The van der Waals surface area contributed by atoms with Crippen LogP contribution >= 0.6 is 35.1 Å². The Labute approximate surface area is 198 Å². The number of rotatable bonds is 9. The molecule has 0 saturated carbocycles. The number of alkyl halides is 1. The molecule has 2 unspecified atom stereocenters. The lowest BCUT2D eigenvalue weighted by atomic mass is 9.84. The Bertz CT molecular complexity index is 638. The molecular weight excluding hydrogens is 433 g/mol. The third kappa shape index (κ3) is 7.48. The largest absolute Gasteiger partial charge is 0.334 e. The number of halogens is 2. The van der Waals surface area contributed by atoms with E-state index in [1.54, 1.807) is 17.5 Å². The van der Waals surface area contributed by atoms with Crippen LogP contribution in [0.4, 0.5) is 0 Å². The molecule has 2 N–H and O–H groups in total. The van der Waals surface area contributed by atoms with Gasteiger partial charge < -0.3 is 14.9 Å². The third-order valence-corrected chi connectivity index (χ3v) is 7.93. The van der Waals surface area contributed by atoms with E-state index in [4.69, 9.17) is 23.2 Å². The summed E-state index contributed by atoms with van der Waals surface area (Å²) in [5, 5.41) is 5.13. The monoisotopic (exact) mass is 471 g/mol. The summed E-state index contributed by atoms with van der Waals surface area (Å²) in [6.45, 7) is 9.26. The van der Waals surface area contributed by atoms with Crippen LogP contribution in [0.25, 0.3) is 0 Å². The molecule has 0 aromatic heterocycles. The number of nitrogens with one attached hydrogen (secondary N) is 2. The number of hydrogen-bond donors (Lipinski definition) is 2. The van der Waals surface area contributed by atoms with Crippen LogP contribution in [0.5, 0.6) is 0 Å². The normalized spacial score (nSPS) is 27.5. The molecule has 0 aromatic carbocycles. The molecule has 3 atom stereocenters. The Morgan fingerprint density at radius 3 is 2.60 bits per heavy atom. The minimum Gasteiger partial charge on any atom is -0.334 e. The number of piperidine rings is 1. The highest BCUT2D eigenvalue weighted by molar-refractivity contribution is 7.96. The molecule has 170 valence electrons. The summed E-state index contributed by atoms with van der Waals surface area (Å²) in [4.78, 5) is 2.67. The van der Waals surface area contributed by atoms with E-state index >= 15 is 0 Å². The van der Waals surface area contributed by atoms with Gasteiger partial charge in [0.2, 0.25) is 0 Å². The van der Waals surface area contributed by atoms with Gasteiger partial charge in [0, 0.05) is 47.9 Å². The second-order valence-corrected chi connectivity index (χ2v) is 11.2. The first-order chi connectivity index (χ1) is 14.4. The Morgan fingerprint density at radius 2 is 1.97 bits per heavy atom. The minimum atomic E-state index is 0.242. The average Bonchev–Trinajstić information content (AvgIpc) is 2.72. The zero-order valence-electron chi connectivity index (χ0n) is 18.8. The van der Waals surface area contributed by atoms with Crippen LogP contribution in [0, 0.1) is 17.8 Å². The van der Waals surface area contributed by atoms with Crippen molar-refractivity contribution in [2.75, 3.05) is 32.4 Å². The van der Waals surface area contributed by atoms with E-state index in [1.807, 2.05) is 0 Å². The molecule has 1 heterocycles. The van der Waals surface area contributed by atoms with Crippen LogP contribution in [0.15, 0.2) is 34.5 Å². The highest BCUT2D eigenvalue weighted by atomic mass is 35.5. The highest BCUT2D eigenvalue weighted by Crippen LogP contribution is 2.32. The first-order valence-corrected chi connectivity index (χ1v) is 13.6. The smallest absolute Gasteiger partial charge is 0.0396 e. The van der Waals surface area contributed by atoms with E-state index in [9.17, 15) is 0 Å². The van der Waals surface area contributed by atoms with Gasteiger partial charge in [0.15, 0.2) is 0 Å². The summed E-state index contributed by atoms with van der Waals surface area (Å²) in [5.74, 6) is 1.89. The van der Waals surface area contributed by atoms with Crippen molar-refractivity contribution in [1.82, 2.24) is 14.9 Å². The Kier molecular flexibility index (Phi) is 9.97. The van der Waals surface area contributed by atoms with Crippen LogP contribution < -0.4 is 10.0 Å². The lowest BCUT2D eigenvalue weighted by Crippen LogP contribution is -2.48. The van der Waals surface area contributed by atoms with Crippen molar-refractivity contribution >= 4 is 35.1 Å². The standard InChI is InChI=1S/C24H39Cl2N3S/c1-17(2)24(27-15-18-12-22(26)14-23(13-18)28-30-3)16-29-10-8-20(9-11-29)19-4-6-21(25)7-5-19/h4,6,13,17-18,20,22,24,27-28H,5,7-12,14-16H2,1-3H3/t18?,22?,24-/m0/s1. The van der Waals surface area contributed by atoms with Crippen LogP contribution in [0.3, 0.4) is 0 Å². The van der Waals surface area contributed by atoms with E-state index in [1.165, 1.54) is 31.6 Å². The molecule has 0 amide bonds. The molecule has 6 heteroatoms. The van der Waals surface area contributed by atoms with Crippen molar-refractivity contribution in [2.45, 2.75) is 63.8 Å². The van der Waals surface area contributed by atoms with E-state index in [0.717, 1.165) is 49.7 Å². The van der Waals surface area contributed by atoms with Gasteiger partial charge in [0.1, 0.15) is 0 Å². The van der Waals surface area contributed by atoms with Gasteiger partial charge in [-0.05, 0) is 69.0 Å². The van der Waals surface area contributed by atoms with Gasteiger partial charge in [-0.3, -0.25) is 0 Å². The number of hydrogen-bond acceptors (Lipinski definition) is 4. The van der Waals surface area contributed by atoms with Crippen LogP contribution in [-0.2, 0) is 0 Å². The van der Waals surface area contributed by atoms with E-state index in [2.05, 4.69) is 53.3 Å². The molecule has 0 aromatic rings. The van der Waals surface area contributed by atoms with E-state index < -0.39 is 0 Å². The quantitative estimate of drug-likeness (QED) is 0.322. The lowest BCUT2D eigenvalue weighted by Gasteiger charge is -2.37. The van der Waals surface area contributed by atoms with Crippen molar-refractivity contribution in [3.05, 3.63) is 34.5 Å². The molecule has 3 aliphatic rings. The zero-order valence-corrected chi connectivity index (χ0v) is 21.1. The Balaban J connectivity index is 1.46. The van der Waals surface area contributed by atoms with Crippen molar-refractivity contribution in [3.8, 4) is 0 Å². The zero-order chi connectivity index (χ0) is 21.5. The van der Waals surface area contributed by atoms with Crippen molar-refractivity contribution in [2.24, 2.45) is 17.8 Å². The van der Waals surface area contributed by atoms with Gasteiger partial charge in [0.25, 0.3) is 0 Å².